The van der Waals surface area contributed by atoms with Crippen molar-refractivity contribution in [2.45, 2.75) is 26.2 Å². The van der Waals surface area contributed by atoms with Gasteiger partial charge in [-0.25, -0.2) is 15.0 Å². The van der Waals surface area contributed by atoms with Gasteiger partial charge in [-0.1, -0.05) is 25.3 Å². The summed E-state index contributed by atoms with van der Waals surface area (Å²) in [5, 5.41) is 5.10. The van der Waals surface area contributed by atoms with Crippen molar-refractivity contribution >= 4 is 28.3 Å². The second-order valence-electron chi connectivity index (χ2n) is 4.81. The number of thiophene rings is 1. The highest BCUT2D eigenvalue weighted by Gasteiger charge is 2.12. The number of unbranched alkanes of at least 4 members (excludes halogenated alkanes) is 2. The third-order valence-corrected chi connectivity index (χ3v) is 4.07. The maximum atomic E-state index is 4.60. The fourth-order valence-electron chi connectivity index (χ4n) is 2.07. The first kappa shape index (κ1) is 14.5. The van der Waals surface area contributed by atoms with E-state index in [1.807, 2.05) is 24.6 Å². The molecule has 5 nitrogen and oxygen atoms in total. The molecule has 0 fully saturated rings. The predicted molar refractivity (Wildman–Crippen MR) is 90.9 cm³/mol. The van der Waals surface area contributed by atoms with Crippen molar-refractivity contribution in [2.24, 2.45) is 0 Å². The van der Waals surface area contributed by atoms with Crippen LogP contribution in [0.1, 0.15) is 32.0 Å². The number of rotatable bonds is 4. The number of aromatic nitrogens is 4. The van der Waals surface area contributed by atoms with E-state index in [2.05, 4.69) is 44.0 Å². The Hall–Kier alpha value is -2.39. The summed E-state index contributed by atoms with van der Waals surface area (Å²) in [6, 6.07) is 4.03. The van der Waals surface area contributed by atoms with Crippen LogP contribution in [0.3, 0.4) is 0 Å². The van der Waals surface area contributed by atoms with Gasteiger partial charge in [0.25, 0.3) is 0 Å². The van der Waals surface area contributed by atoms with Gasteiger partial charge in [-0.15, -0.1) is 11.3 Å². The van der Waals surface area contributed by atoms with Crippen LogP contribution in [0, 0.1) is 11.8 Å². The van der Waals surface area contributed by atoms with E-state index in [-0.39, 0.29) is 0 Å². The molecule has 0 unspecified atom stereocenters. The molecule has 0 saturated carbocycles. The number of imidazole rings is 1. The molecule has 0 bridgehead atoms. The van der Waals surface area contributed by atoms with Gasteiger partial charge in [0.2, 0.25) is 5.82 Å². The Morgan fingerprint density at radius 1 is 1.32 bits per heavy atom. The van der Waals surface area contributed by atoms with E-state index in [1.165, 1.54) is 0 Å². The molecule has 22 heavy (non-hydrogen) atoms. The van der Waals surface area contributed by atoms with E-state index < -0.39 is 0 Å². The van der Waals surface area contributed by atoms with E-state index in [4.69, 9.17) is 0 Å². The molecule has 0 aromatic carbocycles. The Kier molecular flexibility index (Phi) is 4.35. The molecule has 3 heterocycles. The average molecular weight is 311 g/mol. The third-order valence-electron chi connectivity index (χ3n) is 3.19. The molecule has 0 amide bonds. The van der Waals surface area contributed by atoms with Gasteiger partial charge in [-0.3, -0.25) is 0 Å². The first-order chi connectivity index (χ1) is 10.8. The second-order valence-corrected chi connectivity index (χ2v) is 5.76. The Morgan fingerprint density at radius 2 is 2.23 bits per heavy atom. The highest BCUT2D eigenvalue weighted by atomic mass is 32.1. The summed E-state index contributed by atoms with van der Waals surface area (Å²) in [6.07, 6.45) is 3.11. The van der Waals surface area contributed by atoms with Gasteiger partial charge < -0.3 is 10.3 Å². The molecule has 6 heteroatoms. The maximum absolute atomic E-state index is 4.60. The third kappa shape index (κ3) is 2.95. The summed E-state index contributed by atoms with van der Waals surface area (Å²) >= 11 is 1.64. The lowest BCUT2D eigenvalue weighted by Crippen LogP contribution is -1.98. The molecule has 0 aliphatic rings. The number of fused-ring (bicyclic) bond motifs is 1. The average Bonchev–Trinajstić information content (AvgIpc) is 3.19. The standard InChI is InChI=1S/C16H17N5S/c1-3-4-5-6-9-12-18-15(17-2)13-16(19-12)21-14(20-13)11-8-7-10-22-11/h7-8,10H,3-5H2,1-2H3,(H2,17,18,19,20,21). The summed E-state index contributed by atoms with van der Waals surface area (Å²) in [6.45, 7) is 2.15. The van der Waals surface area contributed by atoms with E-state index >= 15 is 0 Å². The quantitative estimate of drug-likeness (QED) is 0.570. The molecule has 0 saturated heterocycles. The van der Waals surface area contributed by atoms with Crippen LogP contribution >= 0.6 is 11.3 Å². The van der Waals surface area contributed by atoms with Gasteiger partial charge in [0.15, 0.2) is 17.0 Å². The number of H-pyrrole nitrogens is 1. The van der Waals surface area contributed by atoms with Crippen molar-refractivity contribution in [3.63, 3.8) is 0 Å². The molecule has 3 aromatic heterocycles. The maximum Gasteiger partial charge on any atom is 0.208 e. The zero-order valence-electron chi connectivity index (χ0n) is 12.6. The van der Waals surface area contributed by atoms with Crippen molar-refractivity contribution < 1.29 is 0 Å². The van der Waals surface area contributed by atoms with Gasteiger partial charge in [-0.05, 0) is 23.8 Å². The topological polar surface area (TPSA) is 66.5 Å². The van der Waals surface area contributed by atoms with E-state index in [0.717, 1.165) is 35.5 Å². The van der Waals surface area contributed by atoms with E-state index in [0.29, 0.717) is 17.3 Å². The van der Waals surface area contributed by atoms with Crippen LogP contribution in [-0.2, 0) is 0 Å². The van der Waals surface area contributed by atoms with Crippen LogP contribution in [0.5, 0.6) is 0 Å². The minimum absolute atomic E-state index is 0.523. The van der Waals surface area contributed by atoms with Crippen LogP contribution < -0.4 is 5.32 Å². The van der Waals surface area contributed by atoms with Gasteiger partial charge in [0.1, 0.15) is 5.82 Å². The predicted octanol–water partition coefficient (Wildman–Crippen LogP) is 3.66. The van der Waals surface area contributed by atoms with E-state index in [9.17, 15) is 0 Å². The number of hydrogen-bond donors (Lipinski definition) is 2. The molecule has 3 aromatic rings. The lowest BCUT2D eigenvalue weighted by Gasteiger charge is -1.99. The smallest absolute Gasteiger partial charge is 0.208 e. The van der Waals surface area contributed by atoms with Crippen LogP contribution in [0.2, 0.25) is 0 Å². The minimum atomic E-state index is 0.523. The Balaban J connectivity index is 2.01. The molecule has 0 radical (unpaired) electrons. The molecule has 0 aliphatic heterocycles. The summed E-state index contributed by atoms with van der Waals surface area (Å²) in [4.78, 5) is 17.8. The Labute approximate surface area is 133 Å². The molecular weight excluding hydrogens is 294 g/mol. The summed E-state index contributed by atoms with van der Waals surface area (Å²) in [5.74, 6) is 8.18. The Bertz CT molecular complexity index is 823. The monoisotopic (exact) mass is 311 g/mol. The largest absolute Gasteiger partial charge is 0.371 e. The number of hydrogen-bond acceptors (Lipinski definition) is 5. The lowest BCUT2D eigenvalue weighted by atomic mass is 10.2. The first-order valence-corrected chi connectivity index (χ1v) is 8.18. The van der Waals surface area contributed by atoms with Crippen LogP contribution in [0.25, 0.3) is 21.9 Å². The first-order valence-electron chi connectivity index (χ1n) is 7.30. The molecule has 2 N–H and O–H groups in total. The fourth-order valence-corrected chi connectivity index (χ4v) is 2.74. The minimum Gasteiger partial charge on any atom is -0.371 e. The Morgan fingerprint density at radius 3 is 2.95 bits per heavy atom. The molecule has 0 spiro atoms. The number of aromatic amines is 1. The molecule has 0 atom stereocenters. The van der Waals surface area contributed by atoms with Crippen LogP contribution in [-0.4, -0.2) is 27.0 Å². The van der Waals surface area contributed by atoms with Gasteiger partial charge in [-0.2, -0.15) is 0 Å². The van der Waals surface area contributed by atoms with Crippen molar-refractivity contribution in [2.75, 3.05) is 12.4 Å². The van der Waals surface area contributed by atoms with Gasteiger partial charge in [0.05, 0.1) is 4.88 Å². The number of nitrogens with zero attached hydrogens (tertiary/aromatic N) is 3. The van der Waals surface area contributed by atoms with E-state index in [1.54, 1.807) is 11.3 Å². The number of anilines is 1. The zero-order valence-corrected chi connectivity index (χ0v) is 13.4. The van der Waals surface area contributed by atoms with Crippen molar-refractivity contribution in [3.05, 3.63) is 23.3 Å². The van der Waals surface area contributed by atoms with Crippen molar-refractivity contribution in [3.8, 4) is 22.5 Å². The molecule has 3 rings (SSSR count). The molecule has 0 aliphatic carbocycles. The van der Waals surface area contributed by atoms with Crippen LogP contribution in [0.15, 0.2) is 17.5 Å². The number of nitrogens with one attached hydrogen (secondary N) is 2. The molecular formula is C16H17N5S. The van der Waals surface area contributed by atoms with Crippen molar-refractivity contribution in [1.82, 2.24) is 19.9 Å². The lowest BCUT2D eigenvalue weighted by molar-refractivity contribution is 0.828. The van der Waals surface area contributed by atoms with Gasteiger partial charge >= 0.3 is 0 Å². The summed E-state index contributed by atoms with van der Waals surface area (Å²) in [7, 11) is 1.83. The highest BCUT2D eigenvalue weighted by Crippen LogP contribution is 2.26. The van der Waals surface area contributed by atoms with Crippen molar-refractivity contribution in [1.29, 1.82) is 0 Å². The fraction of sp³-hybridized carbons (Fsp3) is 0.312. The normalized spacial score (nSPS) is 10.5. The SMILES string of the molecule is CCCCC#Cc1nc(NC)c2nc(-c3cccs3)[nH]c2n1. The van der Waals surface area contributed by atoms with Crippen LogP contribution in [0.4, 0.5) is 5.82 Å². The molecule has 112 valence electrons. The van der Waals surface area contributed by atoms with Gasteiger partial charge in [0, 0.05) is 13.5 Å². The summed E-state index contributed by atoms with van der Waals surface area (Å²) in [5.41, 5.74) is 1.45. The highest BCUT2D eigenvalue weighted by molar-refractivity contribution is 7.13. The second kappa shape index (κ2) is 6.58. The summed E-state index contributed by atoms with van der Waals surface area (Å²) < 4.78 is 0. The zero-order chi connectivity index (χ0) is 15.4.